The van der Waals surface area contributed by atoms with E-state index in [1.165, 1.54) is 0 Å². The predicted molar refractivity (Wildman–Crippen MR) is 116 cm³/mol. The third-order valence-corrected chi connectivity index (χ3v) is 5.74. The van der Waals surface area contributed by atoms with Gasteiger partial charge in [0, 0.05) is 24.0 Å². The van der Waals surface area contributed by atoms with Crippen LogP contribution in [0.3, 0.4) is 0 Å². The third kappa shape index (κ3) is 5.69. The van der Waals surface area contributed by atoms with E-state index >= 15 is 0 Å². The van der Waals surface area contributed by atoms with Gasteiger partial charge in [0.2, 0.25) is 0 Å². The van der Waals surface area contributed by atoms with Gasteiger partial charge in [-0.3, -0.25) is 9.59 Å². The minimum Gasteiger partial charge on any atom is -0.463 e. The van der Waals surface area contributed by atoms with Gasteiger partial charge in [0.15, 0.2) is 6.61 Å². The Balaban J connectivity index is 2.28. The minimum atomic E-state index is -1.34. The number of esters is 3. The van der Waals surface area contributed by atoms with Crippen molar-refractivity contribution >= 4 is 23.8 Å². The van der Waals surface area contributed by atoms with Crippen molar-refractivity contribution in [3.05, 3.63) is 22.5 Å². The highest BCUT2D eigenvalue weighted by atomic mass is 16.5. The number of nitrogens with one attached hydrogen (secondary N) is 1. The number of ether oxygens (including phenoxy) is 3. The molecule has 32 heavy (non-hydrogen) atoms. The molecule has 1 amide bonds. The maximum absolute atomic E-state index is 13.2. The molecule has 2 aliphatic rings. The number of carbonyl (C=O) groups excluding carboxylic acids is 4. The molecule has 0 radical (unpaired) electrons. The van der Waals surface area contributed by atoms with Crippen molar-refractivity contribution in [2.75, 3.05) is 26.4 Å². The quantitative estimate of drug-likeness (QED) is 0.443. The summed E-state index contributed by atoms with van der Waals surface area (Å²) in [6, 6.07) is 0.128. The summed E-state index contributed by atoms with van der Waals surface area (Å²) in [4.78, 5) is 53.0. The van der Waals surface area contributed by atoms with E-state index in [0.29, 0.717) is 17.9 Å². The summed E-state index contributed by atoms with van der Waals surface area (Å²) in [7, 11) is 0. The first-order valence-electron chi connectivity index (χ1n) is 11.3. The van der Waals surface area contributed by atoms with Crippen molar-refractivity contribution < 1.29 is 33.4 Å². The first-order valence-corrected chi connectivity index (χ1v) is 11.3. The van der Waals surface area contributed by atoms with Gasteiger partial charge in [0.05, 0.1) is 24.4 Å². The van der Waals surface area contributed by atoms with Crippen LogP contribution < -0.4 is 5.32 Å². The molecular weight excluding hydrogens is 416 g/mol. The van der Waals surface area contributed by atoms with E-state index in [1.807, 2.05) is 6.92 Å². The summed E-state index contributed by atoms with van der Waals surface area (Å²) in [5.74, 6) is -3.96. The van der Waals surface area contributed by atoms with Crippen molar-refractivity contribution in [2.45, 2.75) is 66.3 Å². The highest BCUT2D eigenvalue weighted by Crippen LogP contribution is 2.32. The number of allylic oxidation sites excluding steroid dienone is 2. The average molecular weight is 451 g/mol. The molecule has 0 aliphatic carbocycles. The van der Waals surface area contributed by atoms with Crippen LogP contribution in [-0.4, -0.2) is 61.1 Å². The molecule has 0 saturated carbocycles. The number of rotatable bonds is 8. The molecule has 178 valence electrons. The summed E-state index contributed by atoms with van der Waals surface area (Å²) in [6.07, 6.45) is 3.73. The summed E-state index contributed by atoms with van der Waals surface area (Å²) in [5.41, 5.74) is 0.707. The summed E-state index contributed by atoms with van der Waals surface area (Å²) >= 11 is 0. The monoisotopic (exact) mass is 450 g/mol. The molecule has 0 bridgehead atoms. The minimum absolute atomic E-state index is 0.0256. The molecule has 1 N–H and O–H groups in total. The molecule has 0 aromatic rings. The maximum Gasteiger partial charge on any atom is 0.337 e. The lowest BCUT2D eigenvalue weighted by molar-refractivity contribution is -0.157. The van der Waals surface area contributed by atoms with E-state index in [1.54, 1.807) is 32.6 Å². The zero-order valence-corrected chi connectivity index (χ0v) is 19.6. The van der Waals surface area contributed by atoms with Crippen molar-refractivity contribution in [2.24, 2.45) is 5.92 Å². The van der Waals surface area contributed by atoms with Crippen LogP contribution >= 0.6 is 0 Å². The molecule has 1 fully saturated rings. The van der Waals surface area contributed by atoms with Crippen LogP contribution in [0.25, 0.3) is 0 Å². The second-order valence-corrected chi connectivity index (χ2v) is 7.83. The third-order valence-electron chi connectivity index (χ3n) is 5.74. The Morgan fingerprint density at radius 2 is 1.47 bits per heavy atom. The Morgan fingerprint density at radius 3 is 1.97 bits per heavy atom. The first kappa shape index (κ1) is 25.4. The lowest BCUT2D eigenvalue weighted by atomic mass is 9.85. The first-order chi connectivity index (χ1) is 15.3. The van der Waals surface area contributed by atoms with Gasteiger partial charge in [-0.05, 0) is 53.4 Å². The van der Waals surface area contributed by atoms with E-state index in [4.69, 9.17) is 14.2 Å². The molecule has 9 heteroatoms. The van der Waals surface area contributed by atoms with E-state index in [-0.39, 0.29) is 36.3 Å². The van der Waals surface area contributed by atoms with Gasteiger partial charge in [0.1, 0.15) is 5.92 Å². The molecule has 2 aliphatic heterocycles. The van der Waals surface area contributed by atoms with Crippen LogP contribution in [0.5, 0.6) is 0 Å². The van der Waals surface area contributed by atoms with Crippen molar-refractivity contribution in [1.82, 2.24) is 10.2 Å². The number of likely N-dealkylation sites (tertiary alicyclic amines) is 1. The van der Waals surface area contributed by atoms with Crippen LogP contribution in [0, 0.1) is 5.92 Å². The Labute approximate surface area is 189 Å². The van der Waals surface area contributed by atoms with Crippen LogP contribution in [0.4, 0.5) is 0 Å². The highest BCUT2D eigenvalue weighted by Gasteiger charge is 2.43. The highest BCUT2D eigenvalue weighted by molar-refractivity contribution is 6.05. The molecule has 2 heterocycles. The molecule has 1 atom stereocenters. The van der Waals surface area contributed by atoms with Gasteiger partial charge >= 0.3 is 17.9 Å². The second kappa shape index (κ2) is 11.7. The SMILES string of the molecule is CCOC(=O)C1=C(C)NC(C)=C(C(=O)OCC)C1C(=O)OCC(=O)N1CCCC[C@H]1CC. The van der Waals surface area contributed by atoms with Crippen LogP contribution in [0.15, 0.2) is 22.5 Å². The fourth-order valence-electron chi connectivity index (χ4n) is 4.24. The number of hydrogen-bond acceptors (Lipinski definition) is 8. The Kier molecular flexibility index (Phi) is 9.28. The number of nitrogens with zero attached hydrogens (tertiary/aromatic N) is 1. The molecule has 1 saturated heterocycles. The van der Waals surface area contributed by atoms with Gasteiger partial charge in [-0.1, -0.05) is 6.92 Å². The Hall–Kier alpha value is -2.84. The smallest absolute Gasteiger partial charge is 0.337 e. The van der Waals surface area contributed by atoms with Crippen molar-refractivity contribution in [1.29, 1.82) is 0 Å². The molecule has 0 unspecified atom stereocenters. The van der Waals surface area contributed by atoms with E-state index in [2.05, 4.69) is 5.32 Å². The predicted octanol–water partition coefficient (Wildman–Crippen LogP) is 2.21. The standard InChI is InChI=1S/C23H34N2O7/c1-6-16-11-9-10-12-25(16)17(26)13-32-23(29)20-18(21(27)30-7-2)14(4)24-15(5)19(20)22(28)31-8-3/h16,20,24H,6-13H2,1-5H3/t16-/m1/s1. The number of amides is 1. The zero-order chi connectivity index (χ0) is 23.8. The molecule has 9 nitrogen and oxygen atoms in total. The fraction of sp³-hybridized carbons (Fsp3) is 0.652. The number of hydrogen-bond donors (Lipinski definition) is 1. The Morgan fingerprint density at radius 1 is 0.906 bits per heavy atom. The number of piperidine rings is 1. The van der Waals surface area contributed by atoms with Crippen LogP contribution in [0.2, 0.25) is 0 Å². The summed E-state index contributed by atoms with van der Waals surface area (Å²) in [6.45, 7) is 8.91. The van der Waals surface area contributed by atoms with Crippen LogP contribution in [0.1, 0.15) is 60.3 Å². The topological polar surface area (TPSA) is 111 Å². The van der Waals surface area contributed by atoms with Gasteiger partial charge in [-0.15, -0.1) is 0 Å². The van der Waals surface area contributed by atoms with Gasteiger partial charge in [-0.2, -0.15) is 0 Å². The molecule has 2 rings (SSSR count). The maximum atomic E-state index is 13.2. The average Bonchev–Trinajstić information content (AvgIpc) is 2.76. The van der Waals surface area contributed by atoms with Crippen molar-refractivity contribution in [3.63, 3.8) is 0 Å². The lowest BCUT2D eigenvalue weighted by Gasteiger charge is -2.35. The lowest BCUT2D eigenvalue weighted by Crippen LogP contribution is -2.46. The van der Waals surface area contributed by atoms with Crippen LogP contribution in [-0.2, 0) is 33.4 Å². The fourth-order valence-corrected chi connectivity index (χ4v) is 4.24. The molecule has 0 aromatic carbocycles. The van der Waals surface area contributed by atoms with E-state index < -0.39 is 30.4 Å². The summed E-state index contributed by atoms with van der Waals surface area (Å²) < 4.78 is 15.6. The summed E-state index contributed by atoms with van der Waals surface area (Å²) in [5, 5.41) is 2.95. The molecule has 0 spiro atoms. The second-order valence-electron chi connectivity index (χ2n) is 7.83. The number of dihydropyridines is 1. The normalized spacial score (nSPS) is 19.4. The van der Waals surface area contributed by atoms with Gasteiger partial charge in [0.25, 0.3) is 5.91 Å². The Bertz CT molecular complexity index is 775. The van der Waals surface area contributed by atoms with Gasteiger partial charge in [-0.25, -0.2) is 9.59 Å². The van der Waals surface area contributed by atoms with Crippen molar-refractivity contribution in [3.8, 4) is 0 Å². The largest absolute Gasteiger partial charge is 0.463 e. The van der Waals surface area contributed by atoms with E-state index in [9.17, 15) is 19.2 Å². The zero-order valence-electron chi connectivity index (χ0n) is 19.6. The van der Waals surface area contributed by atoms with E-state index in [0.717, 1.165) is 25.7 Å². The van der Waals surface area contributed by atoms with Gasteiger partial charge < -0.3 is 24.4 Å². The molecule has 0 aromatic heterocycles. The number of carbonyl (C=O) groups is 4. The molecular formula is C23H34N2O7.